The number of hydrogen-bond donors (Lipinski definition) is 0. The third-order valence-electron chi connectivity index (χ3n) is 2.26. The van der Waals surface area contributed by atoms with E-state index in [1.807, 2.05) is 36.4 Å². The Labute approximate surface area is 135 Å². The maximum atomic E-state index is 3.76. The van der Waals surface area contributed by atoms with E-state index in [1.54, 1.807) is 0 Å². The third-order valence-corrected chi connectivity index (χ3v) is 2.26. The molecule has 0 saturated carbocycles. The van der Waals surface area contributed by atoms with E-state index in [4.69, 9.17) is 0 Å². The molecule has 0 fully saturated rings. The molecule has 0 aromatic heterocycles. The van der Waals surface area contributed by atoms with Gasteiger partial charge in [0.25, 0.3) is 0 Å². The molecule has 17 heavy (non-hydrogen) atoms. The Hall–Kier alpha value is -0.300. The molecule has 1 heteroatoms. The summed E-state index contributed by atoms with van der Waals surface area (Å²) in [4.78, 5) is 0. The molecule has 0 aliphatic carbocycles. The molecule has 0 heterocycles. The number of benzene rings is 2. The van der Waals surface area contributed by atoms with Crippen molar-refractivity contribution in [3.05, 3.63) is 85.6 Å². The Morgan fingerprint density at radius 1 is 0.588 bits per heavy atom. The van der Waals surface area contributed by atoms with Crippen LogP contribution in [-0.4, -0.2) is 37.7 Å². The molecule has 0 radical (unpaired) electrons. The molecular formula is C16H18Ca. The van der Waals surface area contributed by atoms with Crippen molar-refractivity contribution >= 4 is 37.7 Å². The van der Waals surface area contributed by atoms with Gasteiger partial charge in [0.15, 0.2) is 0 Å². The topological polar surface area (TPSA) is 0 Å². The van der Waals surface area contributed by atoms with E-state index in [0.717, 1.165) is 12.8 Å². The molecule has 2 aromatic rings. The fourth-order valence-electron chi connectivity index (χ4n) is 1.29. The first kappa shape index (κ1) is 16.7. The van der Waals surface area contributed by atoms with Crippen molar-refractivity contribution in [3.8, 4) is 0 Å². The van der Waals surface area contributed by atoms with Crippen LogP contribution < -0.4 is 0 Å². The Kier molecular flexibility index (Phi) is 10.6. The minimum Gasteiger partial charge on any atom is -0.339 e. The molecule has 0 amide bonds. The minimum atomic E-state index is 0. The molecule has 0 bridgehead atoms. The fourth-order valence-corrected chi connectivity index (χ4v) is 1.29. The molecule has 0 aliphatic heterocycles. The summed E-state index contributed by atoms with van der Waals surface area (Å²) in [6.45, 7) is 7.51. The number of hydrogen-bond acceptors (Lipinski definition) is 0. The predicted octanol–water partition coefficient (Wildman–Crippen LogP) is 3.75. The molecule has 0 nitrogen and oxygen atoms in total. The van der Waals surface area contributed by atoms with Gasteiger partial charge in [0.05, 0.1) is 0 Å². The summed E-state index contributed by atoms with van der Waals surface area (Å²) < 4.78 is 0. The third kappa shape index (κ3) is 7.59. The van der Waals surface area contributed by atoms with Crippen molar-refractivity contribution in [2.75, 3.05) is 0 Å². The summed E-state index contributed by atoms with van der Waals surface area (Å²) in [5.41, 5.74) is 2.60. The Morgan fingerprint density at radius 3 is 1.06 bits per heavy atom. The maximum absolute atomic E-state index is 3.76. The first-order chi connectivity index (χ1) is 7.86. The van der Waals surface area contributed by atoms with Gasteiger partial charge in [0.2, 0.25) is 0 Å². The van der Waals surface area contributed by atoms with Crippen LogP contribution in [0.3, 0.4) is 0 Å². The van der Waals surface area contributed by atoms with E-state index in [0.29, 0.717) is 0 Å². The van der Waals surface area contributed by atoms with Crippen molar-refractivity contribution in [2.45, 2.75) is 12.8 Å². The first-order valence-electron chi connectivity index (χ1n) is 5.53. The Bertz CT molecular complexity index is 328. The fraction of sp³-hybridized carbons (Fsp3) is 0.125. The van der Waals surface area contributed by atoms with Crippen LogP contribution in [0.15, 0.2) is 60.7 Å². The van der Waals surface area contributed by atoms with Crippen molar-refractivity contribution in [1.82, 2.24) is 0 Å². The van der Waals surface area contributed by atoms with E-state index >= 15 is 0 Å². The van der Waals surface area contributed by atoms with Gasteiger partial charge in [-0.2, -0.15) is 12.8 Å². The van der Waals surface area contributed by atoms with Gasteiger partial charge in [-0.3, -0.25) is 0 Å². The average Bonchev–Trinajstić information content (AvgIpc) is 2.41. The van der Waals surface area contributed by atoms with Gasteiger partial charge in [-0.1, -0.05) is 71.8 Å². The summed E-state index contributed by atoms with van der Waals surface area (Å²) in [5, 5.41) is 0. The number of rotatable bonds is 2. The van der Waals surface area contributed by atoms with Gasteiger partial charge in [-0.05, 0) is 0 Å². The zero-order valence-electron chi connectivity index (χ0n) is 10.3. The molecule has 0 aliphatic rings. The van der Waals surface area contributed by atoms with Crippen molar-refractivity contribution < 1.29 is 0 Å². The molecule has 84 valence electrons. The van der Waals surface area contributed by atoms with Crippen molar-refractivity contribution in [3.63, 3.8) is 0 Å². The quantitative estimate of drug-likeness (QED) is 0.562. The second kappa shape index (κ2) is 10.8. The summed E-state index contributed by atoms with van der Waals surface area (Å²) in [6, 6.07) is 20.4. The van der Waals surface area contributed by atoms with E-state index in [-0.39, 0.29) is 37.7 Å². The Morgan fingerprint density at radius 2 is 0.882 bits per heavy atom. The van der Waals surface area contributed by atoms with Gasteiger partial charge >= 0.3 is 37.7 Å². The van der Waals surface area contributed by atoms with Gasteiger partial charge in [0.1, 0.15) is 0 Å². The predicted molar refractivity (Wildman–Crippen MR) is 76.8 cm³/mol. The molecule has 0 saturated heterocycles. The molecule has 0 unspecified atom stereocenters. The molecule has 0 spiro atoms. The van der Waals surface area contributed by atoms with Crippen LogP contribution in [0.4, 0.5) is 0 Å². The van der Waals surface area contributed by atoms with Crippen LogP contribution in [0.1, 0.15) is 11.1 Å². The van der Waals surface area contributed by atoms with Gasteiger partial charge in [0, 0.05) is 0 Å². The maximum Gasteiger partial charge on any atom is 2.00 e. The molecule has 0 N–H and O–H groups in total. The van der Waals surface area contributed by atoms with Crippen molar-refractivity contribution in [1.29, 1.82) is 0 Å². The summed E-state index contributed by atoms with van der Waals surface area (Å²) in [5.74, 6) is 0. The Balaban J connectivity index is 0.000000284. The largest absolute Gasteiger partial charge is 2.00 e. The van der Waals surface area contributed by atoms with E-state index in [2.05, 4.69) is 38.1 Å². The summed E-state index contributed by atoms with van der Waals surface area (Å²) >= 11 is 0. The molecule has 2 aromatic carbocycles. The van der Waals surface area contributed by atoms with Crippen molar-refractivity contribution in [2.24, 2.45) is 0 Å². The van der Waals surface area contributed by atoms with Crippen LogP contribution in [0, 0.1) is 13.8 Å². The monoisotopic (exact) mass is 250 g/mol. The van der Waals surface area contributed by atoms with Crippen LogP contribution in [-0.2, 0) is 12.8 Å². The van der Waals surface area contributed by atoms with E-state index in [9.17, 15) is 0 Å². The second-order valence-electron chi connectivity index (χ2n) is 3.47. The summed E-state index contributed by atoms with van der Waals surface area (Å²) in [6.07, 6.45) is 1.78. The van der Waals surface area contributed by atoms with Crippen LogP contribution in [0.25, 0.3) is 0 Å². The van der Waals surface area contributed by atoms with E-state index in [1.165, 1.54) is 11.1 Å². The summed E-state index contributed by atoms with van der Waals surface area (Å²) in [7, 11) is 0. The first-order valence-corrected chi connectivity index (χ1v) is 5.53. The van der Waals surface area contributed by atoms with Crippen LogP contribution in [0.2, 0.25) is 0 Å². The van der Waals surface area contributed by atoms with Gasteiger partial charge in [-0.15, -0.1) is 0 Å². The zero-order chi connectivity index (χ0) is 11.6. The smallest absolute Gasteiger partial charge is 0.339 e. The van der Waals surface area contributed by atoms with Crippen LogP contribution in [0.5, 0.6) is 0 Å². The second-order valence-corrected chi connectivity index (χ2v) is 3.47. The van der Waals surface area contributed by atoms with Gasteiger partial charge < -0.3 is 13.8 Å². The molecule has 0 atom stereocenters. The SMILES string of the molecule is [CH2-]Cc1ccccc1.[CH2-]Cc1ccccc1.[Ca+2]. The molecule has 2 rings (SSSR count). The van der Waals surface area contributed by atoms with E-state index < -0.39 is 0 Å². The molecular weight excluding hydrogens is 232 g/mol. The van der Waals surface area contributed by atoms with Crippen LogP contribution >= 0.6 is 0 Å². The normalized spacial score (nSPS) is 8.59. The zero-order valence-corrected chi connectivity index (χ0v) is 12.5. The minimum absolute atomic E-state index is 0. The average molecular weight is 250 g/mol. The standard InChI is InChI=1S/2C8H9.Ca/c2*1-2-8-6-4-3-5-7-8;/h2*3-7H,1-2H2;/q2*-1;+2. The van der Waals surface area contributed by atoms with Gasteiger partial charge in [-0.25, -0.2) is 0 Å².